The first kappa shape index (κ1) is 18.1. The number of alkyl halides is 2. The van der Waals surface area contributed by atoms with Gasteiger partial charge in [0.1, 0.15) is 17.9 Å². The fraction of sp³-hybridized carbons (Fsp3) is 0.111. The molecular formula is C18H11BrF2N6O. The highest BCUT2D eigenvalue weighted by Gasteiger charge is 2.16. The van der Waals surface area contributed by atoms with Gasteiger partial charge in [-0.25, -0.2) is 14.6 Å². The molecule has 28 heavy (non-hydrogen) atoms. The van der Waals surface area contributed by atoms with Crippen LogP contribution in [0.5, 0.6) is 5.88 Å². The van der Waals surface area contributed by atoms with E-state index in [1.165, 1.54) is 10.7 Å². The van der Waals surface area contributed by atoms with Crippen molar-refractivity contribution in [1.82, 2.24) is 24.3 Å². The average Bonchev–Trinajstić information content (AvgIpc) is 3.23. The van der Waals surface area contributed by atoms with E-state index in [9.17, 15) is 14.0 Å². The minimum atomic E-state index is -2.98. The Morgan fingerprint density at radius 1 is 1.21 bits per heavy atom. The lowest BCUT2D eigenvalue weighted by molar-refractivity contribution is -0.0530. The van der Waals surface area contributed by atoms with E-state index in [0.717, 1.165) is 4.47 Å². The number of halogens is 3. The standard InChI is InChI=1S/C18H11BrF2N6O/c1-10-4-16(28-18(20)21)25-27(10)15-6-13(3-2-11(15)7-22)26-9-24-14-5-12(19)8-23-17(14)26/h2-6,8-9,18H,1H3. The summed E-state index contributed by atoms with van der Waals surface area (Å²) in [5.74, 6) is -0.221. The molecule has 3 heterocycles. The molecule has 0 N–H and O–H groups in total. The molecule has 0 saturated carbocycles. The van der Waals surface area contributed by atoms with Gasteiger partial charge in [0.2, 0.25) is 5.88 Å². The third-order valence-electron chi connectivity index (χ3n) is 4.04. The number of benzene rings is 1. The minimum Gasteiger partial charge on any atom is -0.415 e. The molecule has 0 spiro atoms. The summed E-state index contributed by atoms with van der Waals surface area (Å²) in [5.41, 5.74) is 3.33. The SMILES string of the molecule is Cc1cc(OC(F)F)nn1-c1cc(-n2cnc3cc(Br)cnc32)ccc1C#N. The molecule has 140 valence electrons. The maximum absolute atomic E-state index is 12.5. The lowest BCUT2D eigenvalue weighted by Crippen LogP contribution is -2.06. The van der Waals surface area contributed by atoms with Crippen molar-refractivity contribution in [3.63, 3.8) is 0 Å². The van der Waals surface area contributed by atoms with Crippen LogP contribution < -0.4 is 4.74 Å². The number of nitriles is 1. The Morgan fingerprint density at radius 2 is 2.04 bits per heavy atom. The van der Waals surface area contributed by atoms with Gasteiger partial charge < -0.3 is 4.74 Å². The zero-order valence-electron chi connectivity index (χ0n) is 14.3. The first-order valence-corrected chi connectivity index (χ1v) is 8.80. The van der Waals surface area contributed by atoms with E-state index in [-0.39, 0.29) is 5.88 Å². The van der Waals surface area contributed by atoms with Crippen molar-refractivity contribution < 1.29 is 13.5 Å². The first-order valence-electron chi connectivity index (χ1n) is 8.01. The van der Waals surface area contributed by atoms with Crippen molar-refractivity contribution in [3.8, 4) is 23.3 Å². The Morgan fingerprint density at radius 3 is 2.79 bits per heavy atom. The number of ether oxygens (including phenoxy) is 1. The molecule has 10 heteroatoms. The molecule has 0 aliphatic heterocycles. The van der Waals surface area contributed by atoms with Gasteiger partial charge in [-0.3, -0.25) is 4.57 Å². The number of imidazole rings is 1. The predicted octanol–water partition coefficient (Wildman–Crippen LogP) is 4.15. The summed E-state index contributed by atoms with van der Waals surface area (Å²) in [6, 6.07) is 10.4. The Balaban J connectivity index is 1.85. The summed E-state index contributed by atoms with van der Waals surface area (Å²) in [7, 11) is 0. The lowest BCUT2D eigenvalue weighted by atomic mass is 10.1. The van der Waals surface area contributed by atoms with Crippen LogP contribution in [0.15, 0.2) is 47.3 Å². The Kier molecular flexibility index (Phi) is 4.52. The Labute approximate surface area is 165 Å². The van der Waals surface area contributed by atoms with Gasteiger partial charge in [0.25, 0.3) is 0 Å². The number of aryl methyl sites for hydroxylation is 1. The van der Waals surface area contributed by atoms with Crippen LogP contribution in [0.1, 0.15) is 11.3 Å². The van der Waals surface area contributed by atoms with Crippen molar-refractivity contribution in [2.24, 2.45) is 0 Å². The molecule has 4 rings (SSSR count). The van der Waals surface area contributed by atoms with Crippen molar-refractivity contribution in [1.29, 1.82) is 5.26 Å². The van der Waals surface area contributed by atoms with Gasteiger partial charge in [-0.15, -0.1) is 5.10 Å². The molecule has 0 radical (unpaired) electrons. The third-order valence-corrected chi connectivity index (χ3v) is 4.47. The molecule has 0 unspecified atom stereocenters. The molecule has 0 atom stereocenters. The lowest BCUT2D eigenvalue weighted by Gasteiger charge is -2.10. The number of fused-ring (bicyclic) bond motifs is 1. The first-order chi connectivity index (χ1) is 13.5. The molecule has 7 nitrogen and oxygen atoms in total. The van der Waals surface area contributed by atoms with Gasteiger partial charge in [-0.1, -0.05) is 0 Å². The number of hydrogen-bond donors (Lipinski definition) is 0. The highest BCUT2D eigenvalue weighted by Crippen LogP contribution is 2.25. The molecule has 3 aromatic heterocycles. The summed E-state index contributed by atoms with van der Waals surface area (Å²) in [6.07, 6.45) is 3.28. The second kappa shape index (κ2) is 7.01. The second-order valence-corrected chi connectivity index (χ2v) is 6.75. The number of rotatable bonds is 4. The van der Waals surface area contributed by atoms with Gasteiger partial charge >= 0.3 is 6.61 Å². The quantitative estimate of drug-likeness (QED) is 0.472. The van der Waals surface area contributed by atoms with E-state index < -0.39 is 6.61 Å². The van der Waals surface area contributed by atoms with E-state index in [0.29, 0.717) is 33.8 Å². The zero-order valence-corrected chi connectivity index (χ0v) is 15.9. The molecular weight excluding hydrogens is 434 g/mol. The summed E-state index contributed by atoms with van der Waals surface area (Å²) in [5, 5.41) is 13.5. The average molecular weight is 445 g/mol. The third kappa shape index (κ3) is 3.20. The van der Waals surface area contributed by atoms with Gasteiger partial charge in [-0.2, -0.15) is 14.0 Å². The topological polar surface area (TPSA) is 81.6 Å². The van der Waals surface area contributed by atoms with Crippen molar-refractivity contribution >= 4 is 27.1 Å². The maximum Gasteiger partial charge on any atom is 0.388 e. The monoisotopic (exact) mass is 444 g/mol. The predicted molar refractivity (Wildman–Crippen MR) is 99.8 cm³/mol. The van der Waals surface area contributed by atoms with E-state index in [4.69, 9.17) is 0 Å². The van der Waals surface area contributed by atoms with Crippen LogP contribution in [0, 0.1) is 18.3 Å². The Hall–Kier alpha value is -3.32. The summed E-state index contributed by atoms with van der Waals surface area (Å²) in [4.78, 5) is 8.71. The summed E-state index contributed by atoms with van der Waals surface area (Å²) < 4.78 is 33.3. The number of nitrogens with zero attached hydrogens (tertiary/aromatic N) is 6. The number of aromatic nitrogens is 5. The van der Waals surface area contributed by atoms with Gasteiger partial charge in [0.05, 0.1) is 16.9 Å². The van der Waals surface area contributed by atoms with Crippen LogP contribution >= 0.6 is 15.9 Å². The van der Waals surface area contributed by atoms with E-state index >= 15 is 0 Å². The van der Waals surface area contributed by atoms with Crippen LogP contribution in [-0.4, -0.2) is 30.9 Å². The summed E-state index contributed by atoms with van der Waals surface area (Å²) >= 11 is 3.36. The Bertz CT molecular complexity index is 1230. The van der Waals surface area contributed by atoms with Crippen molar-refractivity contribution in [3.05, 3.63) is 58.6 Å². The molecule has 4 aromatic rings. The normalized spacial score (nSPS) is 11.1. The summed E-state index contributed by atoms with van der Waals surface area (Å²) in [6.45, 7) is -1.29. The van der Waals surface area contributed by atoms with Crippen molar-refractivity contribution in [2.45, 2.75) is 13.5 Å². The highest BCUT2D eigenvalue weighted by atomic mass is 79.9. The smallest absolute Gasteiger partial charge is 0.388 e. The maximum atomic E-state index is 12.5. The van der Waals surface area contributed by atoms with Gasteiger partial charge in [-0.05, 0) is 47.1 Å². The van der Waals surface area contributed by atoms with Crippen LogP contribution in [0.25, 0.3) is 22.5 Å². The van der Waals surface area contributed by atoms with E-state index in [1.807, 2.05) is 6.07 Å². The fourth-order valence-corrected chi connectivity index (χ4v) is 3.16. The van der Waals surface area contributed by atoms with Crippen LogP contribution in [0.4, 0.5) is 8.78 Å². The molecule has 1 aromatic carbocycles. The molecule has 0 aliphatic carbocycles. The number of pyridine rings is 1. The highest BCUT2D eigenvalue weighted by molar-refractivity contribution is 9.10. The zero-order chi connectivity index (χ0) is 19.8. The van der Waals surface area contributed by atoms with E-state index in [1.54, 1.807) is 42.2 Å². The number of hydrogen-bond acceptors (Lipinski definition) is 5. The van der Waals surface area contributed by atoms with Crippen LogP contribution in [0.3, 0.4) is 0 Å². The molecule has 0 amide bonds. The van der Waals surface area contributed by atoms with Crippen LogP contribution in [-0.2, 0) is 0 Å². The van der Waals surface area contributed by atoms with E-state index in [2.05, 4.69) is 41.8 Å². The minimum absolute atomic E-state index is 0.221. The molecule has 0 bridgehead atoms. The molecule has 0 fully saturated rings. The van der Waals surface area contributed by atoms with Crippen molar-refractivity contribution in [2.75, 3.05) is 0 Å². The van der Waals surface area contributed by atoms with Gasteiger partial charge in [0, 0.05) is 22.4 Å². The fourth-order valence-electron chi connectivity index (χ4n) is 2.84. The largest absolute Gasteiger partial charge is 0.415 e. The second-order valence-electron chi connectivity index (χ2n) is 5.84. The van der Waals surface area contributed by atoms with Gasteiger partial charge in [0.15, 0.2) is 5.65 Å². The van der Waals surface area contributed by atoms with Crippen LogP contribution in [0.2, 0.25) is 0 Å². The molecule has 0 aliphatic rings. The molecule has 0 saturated heterocycles.